The first-order chi connectivity index (χ1) is 6.11. The zero-order chi connectivity index (χ0) is 9.47. The molecule has 0 radical (unpaired) electrons. The summed E-state index contributed by atoms with van der Waals surface area (Å²) < 4.78 is 0. The lowest BCUT2D eigenvalue weighted by Crippen LogP contribution is -2.22. The second-order valence-electron chi connectivity index (χ2n) is 5.27. The number of rotatable bonds is 1. The Balaban J connectivity index is 2.01. The molecule has 1 nitrogen and oxygen atoms in total. The predicted molar refractivity (Wildman–Crippen MR) is 56.7 cm³/mol. The van der Waals surface area contributed by atoms with Gasteiger partial charge in [0.1, 0.15) is 0 Å². The number of hydrogen-bond donors (Lipinski definition) is 0. The minimum Gasteiger partial charge on any atom is -0.306 e. The minimum absolute atomic E-state index is 0.679. The van der Waals surface area contributed by atoms with Crippen LogP contribution in [0.15, 0.2) is 12.2 Å². The molecular weight excluding hydrogens is 158 g/mol. The van der Waals surface area contributed by atoms with E-state index < -0.39 is 0 Å². The third-order valence-electron chi connectivity index (χ3n) is 4.03. The second-order valence-corrected chi connectivity index (χ2v) is 5.27. The Morgan fingerprint density at radius 2 is 2.23 bits per heavy atom. The summed E-state index contributed by atoms with van der Waals surface area (Å²) in [7, 11) is 2.25. The van der Waals surface area contributed by atoms with Crippen molar-refractivity contribution in [3.05, 3.63) is 12.2 Å². The number of nitrogens with zero attached hydrogens (tertiary/aromatic N) is 1. The molecule has 0 amide bonds. The van der Waals surface area contributed by atoms with E-state index in [0.717, 1.165) is 5.92 Å². The molecule has 1 aliphatic carbocycles. The third-order valence-corrected chi connectivity index (χ3v) is 4.03. The van der Waals surface area contributed by atoms with Gasteiger partial charge in [0.05, 0.1) is 0 Å². The molecule has 1 heteroatoms. The monoisotopic (exact) mass is 179 g/mol. The highest BCUT2D eigenvalue weighted by Gasteiger charge is 2.42. The highest BCUT2D eigenvalue weighted by Crippen LogP contribution is 2.49. The van der Waals surface area contributed by atoms with Crippen molar-refractivity contribution in [2.75, 3.05) is 20.1 Å². The smallest absolute Gasteiger partial charge is 0.00356 e. The lowest BCUT2D eigenvalue weighted by atomic mass is 9.84. The second kappa shape index (κ2) is 3.13. The first kappa shape index (κ1) is 9.26. The first-order valence-corrected chi connectivity index (χ1v) is 5.45. The summed E-state index contributed by atoms with van der Waals surface area (Å²) in [5.41, 5.74) is 2.09. The highest BCUT2D eigenvalue weighted by molar-refractivity contribution is 5.06. The molecule has 0 unspecified atom stereocenters. The summed E-state index contributed by atoms with van der Waals surface area (Å²) >= 11 is 0. The topological polar surface area (TPSA) is 3.24 Å². The van der Waals surface area contributed by atoms with Crippen molar-refractivity contribution >= 4 is 0 Å². The van der Waals surface area contributed by atoms with E-state index in [9.17, 15) is 0 Å². The first-order valence-electron chi connectivity index (χ1n) is 5.45. The van der Waals surface area contributed by atoms with Crippen LogP contribution >= 0.6 is 0 Å². The summed E-state index contributed by atoms with van der Waals surface area (Å²) in [5.74, 6) is 0.825. The summed E-state index contributed by atoms with van der Waals surface area (Å²) in [4.78, 5) is 2.49. The molecule has 0 aromatic rings. The number of likely N-dealkylation sites (tertiary alicyclic amines) is 1. The van der Waals surface area contributed by atoms with Gasteiger partial charge in [0, 0.05) is 6.54 Å². The van der Waals surface area contributed by atoms with E-state index in [1.807, 2.05) is 0 Å². The maximum Gasteiger partial charge on any atom is 0.00356 e. The van der Waals surface area contributed by atoms with Crippen molar-refractivity contribution in [3.8, 4) is 0 Å². The molecule has 0 bridgehead atoms. The van der Waals surface area contributed by atoms with Gasteiger partial charge < -0.3 is 4.90 Å². The van der Waals surface area contributed by atoms with Gasteiger partial charge in [-0.25, -0.2) is 0 Å². The fourth-order valence-corrected chi connectivity index (χ4v) is 3.16. The van der Waals surface area contributed by atoms with Crippen LogP contribution in [-0.2, 0) is 0 Å². The van der Waals surface area contributed by atoms with Crippen LogP contribution in [-0.4, -0.2) is 25.0 Å². The van der Waals surface area contributed by atoms with Crippen LogP contribution in [0.2, 0.25) is 0 Å². The van der Waals surface area contributed by atoms with Gasteiger partial charge in [-0.15, -0.1) is 0 Å². The van der Waals surface area contributed by atoms with E-state index in [4.69, 9.17) is 0 Å². The average Bonchev–Trinajstić information content (AvgIpc) is 2.61. The largest absolute Gasteiger partial charge is 0.306 e. The van der Waals surface area contributed by atoms with Gasteiger partial charge in [-0.2, -0.15) is 0 Å². The van der Waals surface area contributed by atoms with Gasteiger partial charge in [0.15, 0.2) is 0 Å². The third kappa shape index (κ3) is 1.67. The van der Waals surface area contributed by atoms with Crippen LogP contribution < -0.4 is 0 Å². The Bertz CT molecular complexity index is 221. The molecule has 1 saturated carbocycles. The molecule has 1 aliphatic heterocycles. The maximum atomic E-state index is 4.10. The summed E-state index contributed by atoms with van der Waals surface area (Å²) in [6, 6.07) is 0. The maximum absolute atomic E-state index is 4.10. The molecule has 2 rings (SSSR count). The Morgan fingerprint density at radius 1 is 1.46 bits per heavy atom. The van der Waals surface area contributed by atoms with Crippen LogP contribution in [0, 0.1) is 11.3 Å². The van der Waals surface area contributed by atoms with Crippen molar-refractivity contribution in [1.82, 2.24) is 4.90 Å². The van der Waals surface area contributed by atoms with Crippen LogP contribution in [0.3, 0.4) is 0 Å². The van der Waals surface area contributed by atoms with E-state index >= 15 is 0 Å². The van der Waals surface area contributed by atoms with Crippen LogP contribution in [0.1, 0.15) is 32.6 Å². The van der Waals surface area contributed by atoms with Gasteiger partial charge in [-0.3, -0.25) is 0 Å². The molecule has 2 atom stereocenters. The molecular formula is C12H21N. The molecule has 1 heterocycles. The molecule has 74 valence electrons. The van der Waals surface area contributed by atoms with Crippen molar-refractivity contribution in [2.45, 2.75) is 32.6 Å². The fourth-order valence-electron chi connectivity index (χ4n) is 3.16. The summed E-state index contributed by atoms with van der Waals surface area (Å²) in [6.07, 6.45) is 5.66. The number of hydrogen-bond acceptors (Lipinski definition) is 1. The Kier molecular flexibility index (Phi) is 2.23. The zero-order valence-corrected chi connectivity index (χ0v) is 8.97. The molecule has 13 heavy (non-hydrogen) atoms. The highest BCUT2D eigenvalue weighted by atomic mass is 15.1. The zero-order valence-electron chi connectivity index (χ0n) is 8.97. The van der Waals surface area contributed by atoms with E-state index in [1.165, 1.54) is 44.3 Å². The van der Waals surface area contributed by atoms with E-state index in [-0.39, 0.29) is 0 Å². The molecule has 2 aliphatic rings. The van der Waals surface area contributed by atoms with Crippen LogP contribution in [0.5, 0.6) is 0 Å². The van der Waals surface area contributed by atoms with Gasteiger partial charge >= 0.3 is 0 Å². The van der Waals surface area contributed by atoms with E-state index in [2.05, 4.69) is 25.5 Å². The standard InChI is InChI=1S/C12H21N/c1-10(2)11-4-5-12(8-11)6-7-13(3)9-12/h11H,1,4-9H2,2-3H3/t11-,12+/m1/s1. The summed E-state index contributed by atoms with van der Waals surface area (Å²) in [6.45, 7) is 8.93. The summed E-state index contributed by atoms with van der Waals surface area (Å²) in [5, 5.41) is 0. The molecule has 1 spiro atoms. The van der Waals surface area contributed by atoms with Gasteiger partial charge in [-0.1, -0.05) is 12.2 Å². The Morgan fingerprint density at radius 3 is 2.69 bits per heavy atom. The van der Waals surface area contributed by atoms with Gasteiger partial charge in [-0.05, 0) is 57.5 Å². The van der Waals surface area contributed by atoms with Crippen LogP contribution in [0.4, 0.5) is 0 Å². The van der Waals surface area contributed by atoms with Crippen LogP contribution in [0.25, 0.3) is 0 Å². The lowest BCUT2D eigenvalue weighted by molar-refractivity contribution is 0.283. The van der Waals surface area contributed by atoms with Crippen molar-refractivity contribution < 1.29 is 0 Å². The molecule has 0 N–H and O–H groups in total. The number of allylic oxidation sites excluding steroid dienone is 1. The average molecular weight is 179 g/mol. The fraction of sp³-hybridized carbons (Fsp3) is 0.833. The normalized spacial score (nSPS) is 40.3. The predicted octanol–water partition coefficient (Wildman–Crippen LogP) is 2.68. The van der Waals surface area contributed by atoms with E-state index in [0.29, 0.717) is 5.41 Å². The van der Waals surface area contributed by atoms with Crippen molar-refractivity contribution in [1.29, 1.82) is 0 Å². The quantitative estimate of drug-likeness (QED) is 0.559. The lowest BCUT2D eigenvalue weighted by Gasteiger charge is -2.23. The molecule has 0 aromatic carbocycles. The molecule has 1 saturated heterocycles. The Labute approximate surface area is 81.8 Å². The van der Waals surface area contributed by atoms with Crippen molar-refractivity contribution in [2.24, 2.45) is 11.3 Å². The Hall–Kier alpha value is -0.300. The molecule has 0 aromatic heterocycles. The van der Waals surface area contributed by atoms with E-state index in [1.54, 1.807) is 0 Å². The minimum atomic E-state index is 0.679. The van der Waals surface area contributed by atoms with Crippen molar-refractivity contribution in [3.63, 3.8) is 0 Å². The molecule has 2 fully saturated rings. The van der Waals surface area contributed by atoms with Gasteiger partial charge in [0.25, 0.3) is 0 Å². The van der Waals surface area contributed by atoms with Gasteiger partial charge in [0.2, 0.25) is 0 Å². The SMILES string of the molecule is C=C(C)[C@@H]1CC[C@]2(CCN(C)C2)C1.